The zero-order valence-electron chi connectivity index (χ0n) is 14.5. The zero-order valence-corrected chi connectivity index (χ0v) is 15.3. The molecule has 26 heavy (non-hydrogen) atoms. The lowest BCUT2D eigenvalue weighted by molar-refractivity contribution is -0.384. The van der Waals surface area contributed by atoms with Crippen molar-refractivity contribution in [1.29, 1.82) is 0 Å². The quantitative estimate of drug-likeness (QED) is 0.613. The minimum atomic E-state index is -4.01. The number of non-ortho nitro benzene ring substituents is 1. The summed E-state index contributed by atoms with van der Waals surface area (Å²) < 4.78 is 27.4. The molecular formula is C17H19N3O5S. The standard InChI is InChI=1S/C17H19N3O5S/c1-17(2,3)18-16(21)14-6-4-5-7-15(14)19-26(24,25)13-10-8-12(9-11-13)20(22)23/h4-11,19H,1-3H3,(H,18,21). The van der Waals surface area contributed by atoms with Gasteiger partial charge in [-0.05, 0) is 45.0 Å². The number of hydrogen-bond donors (Lipinski definition) is 2. The number of nitrogens with one attached hydrogen (secondary N) is 2. The first-order valence-corrected chi connectivity index (χ1v) is 9.17. The minimum Gasteiger partial charge on any atom is -0.347 e. The summed E-state index contributed by atoms with van der Waals surface area (Å²) >= 11 is 0. The number of benzene rings is 2. The van der Waals surface area contributed by atoms with E-state index in [1.165, 1.54) is 12.1 Å². The van der Waals surface area contributed by atoms with Crippen LogP contribution in [0.1, 0.15) is 31.1 Å². The fourth-order valence-corrected chi connectivity index (χ4v) is 3.21. The predicted molar refractivity (Wildman–Crippen MR) is 97.6 cm³/mol. The van der Waals surface area contributed by atoms with Crippen molar-refractivity contribution in [2.75, 3.05) is 4.72 Å². The van der Waals surface area contributed by atoms with Crippen molar-refractivity contribution < 1.29 is 18.1 Å². The van der Waals surface area contributed by atoms with Gasteiger partial charge in [-0.1, -0.05) is 12.1 Å². The maximum absolute atomic E-state index is 12.5. The highest BCUT2D eigenvalue weighted by molar-refractivity contribution is 7.92. The monoisotopic (exact) mass is 377 g/mol. The summed E-state index contributed by atoms with van der Waals surface area (Å²) in [5.74, 6) is -0.417. The van der Waals surface area contributed by atoms with Crippen molar-refractivity contribution in [2.45, 2.75) is 31.2 Å². The summed E-state index contributed by atoms with van der Waals surface area (Å²) in [6.07, 6.45) is 0. The van der Waals surface area contributed by atoms with Gasteiger partial charge in [0.25, 0.3) is 21.6 Å². The van der Waals surface area contributed by atoms with Crippen LogP contribution in [0.15, 0.2) is 53.4 Å². The number of anilines is 1. The molecule has 2 N–H and O–H groups in total. The number of sulfonamides is 1. The van der Waals surface area contributed by atoms with E-state index in [0.717, 1.165) is 24.3 Å². The average molecular weight is 377 g/mol. The number of amides is 1. The highest BCUT2D eigenvalue weighted by Gasteiger charge is 2.21. The molecule has 138 valence electrons. The van der Waals surface area contributed by atoms with Crippen LogP contribution in [-0.2, 0) is 10.0 Å². The number of carbonyl (C=O) groups excluding carboxylic acids is 1. The van der Waals surface area contributed by atoms with Gasteiger partial charge in [0.2, 0.25) is 0 Å². The summed E-state index contributed by atoms with van der Waals surface area (Å²) in [6.45, 7) is 5.44. The van der Waals surface area contributed by atoms with E-state index in [9.17, 15) is 23.3 Å². The van der Waals surface area contributed by atoms with Crippen molar-refractivity contribution in [2.24, 2.45) is 0 Å². The first-order valence-electron chi connectivity index (χ1n) is 7.68. The number of carbonyl (C=O) groups is 1. The number of nitro benzene ring substituents is 1. The van der Waals surface area contributed by atoms with Crippen LogP contribution >= 0.6 is 0 Å². The summed E-state index contributed by atoms with van der Waals surface area (Å²) in [5, 5.41) is 13.5. The van der Waals surface area contributed by atoms with Crippen LogP contribution in [0, 0.1) is 10.1 Å². The molecule has 8 nitrogen and oxygen atoms in total. The van der Waals surface area contributed by atoms with Crippen LogP contribution in [0.5, 0.6) is 0 Å². The van der Waals surface area contributed by atoms with Gasteiger partial charge in [-0.3, -0.25) is 19.6 Å². The Morgan fingerprint density at radius 2 is 1.62 bits per heavy atom. The lowest BCUT2D eigenvalue weighted by Gasteiger charge is -2.21. The molecule has 1 amide bonds. The first kappa shape index (κ1) is 19.4. The third-order valence-electron chi connectivity index (χ3n) is 3.26. The molecule has 0 aliphatic carbocycles. The Balaban J connectivity index is 2.32. The third kappa shape index (κ3) is 4.79. The molecule has 2 aromatic carbocycles. The molecule has 0 aliphatic rings. The Morgan fingerprint density at radius 3 is 2.15 bits per heavy atom. The Labute approximate surface area is 151 Å². The van der Waals surface area contributed by atoms with E-state index in [-0.39, 0.29) is 21.8 Å². The summed E-state index contributed by atoms with van der Waals surface area (Å²) in [7, 11) is -4.01. The maximum atomic E-state index is 12.5. The molecular weight excluding hydrogens is 358 g/mol. The van der Waals surface area contributed by atoms with Crippen LogP contribution in [0.4, 0.5) is 11.4 Å². The lowest BCUT2D eigenvalue weighted by atomic mass is 10.1. The number of nitrogens with zero attached hydrogens (tertiary/aromatic N) is 1. The number of nitro groups is 1. The van der Waals surface area contributed by atoms with Crippen molar-refractivity contribution in [3.05, 3.63) is 64.2 Å². The molecule has 0 heterocycles. The zero-order chi connectivity index (χ0) is 19.5. The fourth-order valence-electron chi connectivity index (χ4n) is 2.13. The molecule has 2 aromatic rings. The van der Waals surface area contributed by atoms with Gasteiger partial charge in [0, 0.05) is 17.7 Å². The second-order valence-corrected chi connectivity index (χ2v) is 8.29. The highest BCUT2D eigenvalue weighted by atomic mass is 32.2. The van der Waals surface area contributed by atoms with Crippen LogP contribution in [0.2, 0.25) is 0 Å². The fraction of sp³-hybridized carbons (Fsp3) is 0.235. The second-order valence-electron chi connectivity index (χ2n) is 6.61. The van der Waals surface area contributed by atoms with E-state index >= 15 is 0 Å². The van der Waals surface area contributed by atoms with Gasteiger partial charge in [0.15, 0.2) is 0 Å². The highest BCUT2D eigenvalue weighted by Crippen LogP contribution is 2.22. The lowest BCUT2D eigenvalue weighted by Crippen LogP contribution is -2.40. The van der Waals surface area contributed by atoms with Gasteiger partial charge < -0.3 is 5.32 Å². The molecule has 0 aromatic heterocycles. The third-order valence-corrected chi connectivity index (χ3v) is 4.64. The molecule has 0 saturated heterocycles. The topological polar surface area (TPSA) is 118 Å². The molecule has 0 radical (unpaired) electrons. The van der Waals surface area contributed by atoms with Gasteiger partial charge in [-0.15, -0.1) is 0 Å². The first-order chi connectivity index (χ1) is 12.0. The summed E-state index contributed by atoms with van der Waals surface area (Å²) in [6, 6.07) is 10.7. The molecule has 0 aliphatic heterocycles. The smallest absolute Gasteiger partial charge is 0.269 e. The Morgan fingerprint density at radius 1 is 1.04 bits per heavy atom. The van der Waals surface area contributed by atoms with E-state index in [1.54, 1.807) is 12.1 Å². The van der Waals surface area contributed by atoms with Crippen LogP contribution < -0.4 is 10.0 Å². The van der Waals surface area contributed by atoms with E-state index < -0.39 is 26.4 Å². The molecule has 0 fully saturated rings. The van der Waals surface area contributed by atoms with Crippen molar-refractivity contribution >= 4 is 27.3 Å². The molecule has 0 saturated carbocycles. The van der Waals surface area contributed by atoms with Crippen molar-refractivity contribution in [1.82, 2.24) is 5.32 Å². The van der Waals surface area contributed by atoms with Gasteiger partial charge in [-0.25, -0.2) is 8.42 Å². The SMILES string of the molecule is CC(C)(C)NC(=O)c1ccccc1NS(=O)(=O)c1ccc([N+](=O)[O-])cc1. The van der Waals surface area contributed by atoms with Gasteiger partial charge in [0.05, 0.1) is 21.1 Å². The summed E-state index contributed by atoms with van der Waals surface area (Å²) in [4.78, 5) is 22.3. The van der Waals surface area contributed by atoms with E-state index in [0.29, 0.717) is 0 Å². The Hall–Kier alpha value is -2.94. The second kappa shape index (κ2) is 7.12. The van der Waals surface area contributed by atoms with Crippen molar-refractivity contribution in [3.8, 4) is 0 Å². The number of hydrogen-bond acceptors (Lipinski definition) is 5. The molecule has 9 heteroatoms. The van der Waals surface area contributed by atoms with E-state index in [4.69, 9.17) is 0 Å². The number of para-hydroxylation sites is 1. The normalized spacial score (nSPS) is 11.7. The van der Waals surface area contributed by atoms with Gasteiger partial charge in [0.1, 0.15) is 0 Å². The minimum absolute atomic E-state index is 0.118. The van der Waals surface area contributed by atoms with Crippen LogP contribution in [0.25, 0.3) is 0 Å². The van der Waals surface area contributed by atoms with Gasteiger partial charge in [-0.2, -0.15) is 0 Å². The van der Waals surface area contributed by atoms with E-state index in [1.807, 2.05) is 20.8 Å². The molecule has 0 unspecified atom stereocenters. The van der Waals surface area contributed by atoms with Gasteiger partial charge >= 0.3 is 0 Å². The van der Waals surface area contributed by atoms with Crippen LogP contribution in [0.3, 0.4) is 0 Å². The molecule has 2 rings (SSSR count). The molecule has 0 atom stereocenters. The largest absolute Gasteiger partial charge is 0.347 e. The summed E-state index contributed by atoms with van der Waals surface area (Å²) in [5.41, 5.74) is -0.407. The number of rotatable bonds is 5. The van der Waals surface area contributed by atoms with E-state index in [2.05, 4.69) is 10.0 Å². The Kier molecular flexibility index (Phi) is 5.31. The molecule has 0 spiro atoms. The molecule has 0 bridgehead atoms. The predicted octanol–water partition coefficient (Wildman–Crippen LogP) is 2.92. The van der Waals surface area contributed by atoms with Crippen LogP contribution in [-0.4, -0.2) is 24.8 Å². The average Bonchev–Trinajstić information content (AvgIpc) is 2.53. The van der Waals surface area contributed by atoms with Crippen molar-refractivity contribution in [3.63, 3.8) is 0 Å². The Bertz CT molecular complexity index is 932. The maximum Gasteiger partial charge on any atom is 0.269 e.